The molecule has 19 heavy (non-hydrogen) atoms. The van der Waals surface area contributed by atoms with Crippen LogP contribution in [0.1, 0.15) is 17.1 Å². The molecule has 3 heterocycles. The largest absolute Gasteiger partial charge is 0.343 e. The van der Waals surface area contributed by atoms with E-state index in [-0.39, 0.29) is 0 Å². The molecule has 96 valence electrons. The molecule has 0 bridgehead atoms. The van der Waals surface area contributed by atoms with Crippen LogP contribution in [0.3, 0.4) is 0 Å². The molecule has 0 radical (unpaired) electrons. The minimum Gasteiger partial charge on any atom is -0.343 e. The van der Waals surface area contributed by atoms with E-state index in [0.717, 1.165) is 22.8 Å². The standard InChI is InChI=1S/C15H15N3S/c1-11-5-6-12(2)18(11)9-14-10-19-15(17-14)13-4-3-7-16-8-13/h3-8,10H,9H2,1-2H3. The lowest BCUT2D eigenvalue weighted by Crippen LogP contribution is -2.03. The first-order valence-corrected chi connectivity index (χ1v) is 7.09. The number of nitrogens with zero attached hydrogens (tertiary/aromatic N) is 3. The lowest BCUT2D eigenvalue weighted by atomic mass is 10.3. The molecule has 0 aliphatic heterocycles. The molecule has 3 rings (SSSR count). The van der Waals surface area contributed by atoms with Gasteiger partial charge in [-0.15, -0.1) is 11.3 Å². The molecular weight excluding hydrogens is 254 g/mol. The van der Waals surface area contributed by atoms with E-state index in [1.165, 1.54) is 11.4 Å². The molecule has 0 saturated carbocycles. The summed E-state index contributed by atoms with van der Waals surface area (Å²) in [5, 5.41) is 3.16. The van der Waals surface area contributed by atoms with Crippen molar-refractivity contribution < 1.29 is 0 Å². The van der Waals surface area contributed by atoms with Crippen LogP contribution in [0.5, 0.6) is 0 Å². The summed E-state index contributed by atoms with van der Waals surface area (Å²) in [7, 11) is 0. The van der Waals surface area contributed by atoms with Crippen molar-refractivity contribution in [3.8, 4) is 10.6 Å². The predicted molar refractivity (Wildman–Crippen MR) is 78.4 cm³/mol. The van der Waals surface area contributed by atoms with Crippen LogP contribution >= 0.6 is 11.3 Å². The Morgan fingerprint density at radius 3 is 2.63 bits per heavy atom. The van der Waals surface area contributed by atoms with Crippen molar-refractivity contribution >= 4 is 11.3 Å². The quantitative estimate of drug-likeness (QED) is 0.726. The maximum Gasteiger partial charge on any atom is 0.125 e. The fourth-order valence-corrected chi connectivity index (χ4v) is 2.91. The molecule has 0 amide bonds. The number of hydrogen-bond acceptors (Lipinski definition) is 3. The summed E-state index contributed by atoms with van der Waals surface area (Å²) in [4.78, 5) is 8.83. The monoisotopic (exact) mass is 269 g/mol. The SMILES string of the molecule is Cc1ccc(C)n1Cc1csc(-c2cccnc2)n1. The average molecular weight is 269 g/mol. The van der Waals surface area contributed by atoms with Crippen molar-refractivity contribution in [1.29, 1.82) is 0 Å². The molecule has 0 unspecified atom stereocenters. The van der Waals surface area contributed by atoms with Gasteiger partial charge in [-0.3, -0.25) is 4.98 Å². The third-order valence-corrected chi connectivity index (χ3v) is 4.14. The Morgan fingerprint density at radius 1 is 1.16 bits per heavy atom. The van der Waals surface area contributed by atoms with Gasteiger partial charge in [0.2, 0.25) is 0 Å². The van der Waals surface area contributed by atoms with Crippen molar-refractivity contribution in [2.24, 2.45) is 0 Å². The first-order chi connectivity index (χ1) is 9.24. The minimum absolute atomic E-state index is 0.835. The second-order valence-corrected chi connectivity index (χ2v) is 5.45. The topological polar surface area (TPSA) is 30.7 Å². The van der Waals surface area contributed by atoms with Crippen molar-refractivity contribution in [2.45, 2.75) is 20.4 Å². The van der Waals surface area contributed by atoms with Gasteiger partial charge in [0, 0.05) is 34.7 Å². The summed E-state index contributed by atoms with van der Waals surface area (Å²) in [6.45, 7) is 5.09. The number of thiazole rings is 1. The molecule has 0 atom stereocenters. The summed E-state index contributed by atoms with van der Waals surface area (Å²) in [5.41, 5.74) is 4.73. The van der Waals surface area contributed by atoms with E-state index in [1.54, 1.807) is 17.5 Å². The first-order valence-electron chi connectivity index (χ1n) is 6.21. The van der Waals surface area contributed by atoms with Crippen LogP contribution < -0.4 is 0 Å². The van der Waals surface area contributed by atoms with Gasteiger partial charge in [0.1, 0.15) is 5.01 Å². The van der Waals surface area contributed by atoms with Crippen LogP contribution in [0.2, 0.25) is 0 Å². The van der Waals surface area contributed by atoms with Crippen molar-refractivity contribution in [3.05, 3.63) is 59.1 Å². The summed E-state index contributed by atoms with van der Waals surface area (Å²) in [6, 6.07) is 8.27. The summed E-state index contributed by atoms with van der Waals surface area (Å²) >= 11 is 1.67. The van der Waals surface area contributed by atoms with Gasteiger partial charge in [0.15, 0.2) is 0 Å². The van der Waals surface area contributed by atoms with E-state index in [4.69, 9.17) is 4.98 Å². The fraction of sp³-hybridized carbons (Fsp3) is 0.200. The van der Waals surface area contributed by atoms with Gasteiger partial charge in [0.25, 0.3) is 0 Å². The third kappa shape index (κ3) is 2.44. The van der Waals surface area contributed by atoms with Crippen molar-refractivity contribution in [1.82, 2.24) is 14.5 Å². The number of rotatable bonds is 3. The Balaban J connectivity index is 1.87. The zero-order chi connectivity index (χ0) is 13.2. The second kappa shape index (κ2) is 4.97. The number of pyridine rings is 1. The molecule has 0 saturated heterocycles. The number of hydrogen-bond donors (Lipinski definition) is 0. The van der Waals surface area contributed by atoms with Crippen LogP contribution in [0.4, 0.5) is 0 Å². The Morgan fingerprint density at radius 2 is 1.95 bits per heavy atom. The van der Waals surface area contributed by atoms with Gasteiger partial charge < -0.3 is 4.57 Å². The molecule has 0 aromatic carbocycles. The second-order valence-electron chi connectivity index (χ2n) is 4.59. The zero-order valence-electron chi connectivity index (χ0n) is 11.0. The summed E-state index contributed by atoms with van der Waals surface area (Å²) in [6.07, 6.45) is 3.64. The zero-order valence-corrected chi connectivity index (χ0v) is 11.8. The smallest absolute Gasteiger partial charge is 0.125 e. The lowest BCUT2D eigenvalue weighted by molar-refractivity contribution is 0.735. The molecule has 0 aliphatic carbocycles. The average Bonchev–Trinajstić information content (AvgIpc) is 3.02. The molecule has 3 aromatic heterocycles. The molecule has 0 N–H and O–H groups in total. The summed E-state index contributed by atoms with van der Waals surface area (Å²) < 4.78 is 2.28. The predicted octanol–water partition coefficient (Wildman–Crippen LogP) is 3.67. The van der Waals surface area contributed by atoms with Crippen LogP contribution in [0.25, 0.3) is 10.6 Å². The molecule has 3 nitrogen and oxygen atoms in total. The Labute approximate surface area is 116 Å². The van der Waals surface area contributed by atoms with E-state index in [0.29, 0.717) is 0 Å². The van der Waals surface area contributed by atoms with Crippen LogP contribution in [0.15, 0.2) is 42.0 Å². The van der Waals surface area contributed by atoms with Gasteiger partial charge in [0.05, 0.1) is 12.2 Å². The minimum atomic E-state index is 0.835. The van der Waals surface area contributed by atoms with Crippen LogP contribution in [-0.4, -0.2) is 14.5 Å². The number of aryl methyl sites for hydroxylation is 2. The normalized spacial score (nSPS) is 10.8. The van der Waals surface area contributed by atoms with Crippen molar-refractivity contribution in [2.75, 3.05) is 0 Å². The molecular formula is C15H15N3S. The third-order valence-electron chi connectivity index (χ3n) is 3.20. The van der Waals surface area contributed by atoms with Gasteiger partial charge in [-0.1, -0.05) is 0 Å². The molecule has 0 fully saturated rings. The lowest BCUT2D eigenvalue weighted by Gasteiger charge is -2.06. The molecule has 4 heteroatoms. The Hall–Kier alpha value is -1.94. The Bertz CT molecular complexity index is 663. The first kappa shape index (κ1) is 12.1. The molecule has 0 aliphatic rings. The fourth-order valence-electron chi connectivity index (χ4n) is 2.11. The van der Waals surface area contributed by atoms with Gasteiger partial charge in [-0.05, 0) is 38.1 Å². The van der Waals surface area contributed by atoms with E-state index < -0.39 is 0 Å². The summed E-state index contributed by atoms with van der Waals surface area (Å²) in [5.74, 6) is 0. The maximum atomic E-state index is 4.70. The van der Waals surface area contributed by atoms with Crippen molar-refractivity contribution in [3.63, 3.8) is 0 Å². The molecule has 3 aromatic rings. The highest BCUT2D eigenvalue weighted by Crippen LogP contribution is 2.23. The van der Waals surface area contributed by atoms with Gasteiger partial charge >= 0.3 is 0 Å². The maximum absolute atomic E-state index is 4.70. The van der Waals surface area contributed by atoms with E-state index in [2.05, 4.69) is 40.9 Å². The Kier molecular flexibility index (Phi) is 3.17. The van der Waals surface area contributed by atoms with Gasteiger partial charge in [-0.2, -0.15) is 0 Å². The highest BCUT2D eigenvalue weighted by atomic mass is 32.1. The molecule has 0 spiro atoms. The van der Waals surface area contributed by atoms with E-state index in [9.17, 15) is 0 Å². The van der Waals surface area contributed by atoms with E-state index >= 15 is 0 Å². The highest BCUT2D eigenvalue weighted by Gasteiger charge is 2.07. The van der Waals surface area contributed by atoms with E-state index in [1.807, 2.05) is 18.3 Å². The number of aromatic nitrogens is 3. The highest BCUT2D eigenvalue weighted by molar-refractivity contribution is 7.13. The van der Waals surface area contributed by atoms with Crippen LogP contribution in [-0.2, 0) is 6.54 Å². The van der Waals surface area contributed by atoms with Crippen LogP contribution in [0, 0.1) is 13.8 Å². The van der Waals surface area contributed by atoms with Gasteiger partial charge in [-0.25, -0.2) is 4.98 Å².